The molecule has 2 heteroatoms. The highest BCUT2D eigenvalue weighted by molar-refractivity contribution is 6.04. The Morgan fingerprint density at radius 3 is 2.53 bits per heavy atom. The lowest BCUT2D eigenvalue weighted by Crippen LogP contribution is -1.96. The van der Waals surface area contributed by atoms with Gasteiger partial charge in [-0.1, -0.05) is 32.0 Å². The van der Waals surface area contributed by atoms with Gasteiger partial charge in [0.1, 0.15) is 0 Å². The maximum absolute atomic E-state index is 4.76. The lowest BCUT2D eigenvalue weighted by Gasteiger charge is -2.10. The van der Waals surface area contributed by atoms with Gasteiger partial charge in [-0.15, -0.1) is 0 Å². The molecule has 0 radical (unpaired) electrons. The molecular weight excluding hydrogens is 208 g/mol. The van der Waals surface area contributed by atoms with Crippen molar-refractivity contribution in [3.63, 3.8) is 0 Å². The maximum Gasteiger partial charge on any atom is 0.0814 e. The van der Waals surface area contributed by atoms with Crippen molar-refractivity contribution < 1.29 is 0 Å². The molecule has 0 atom stereocenters. The van der Waals surface area contributed by atoms with E-state index in [4.69, 9.17) is 4.98 Å². The van der Waals surface area contributed by atoms with Crippen LogP contribution in [0.3, 0.4) is 0 Å². The topological polar surface area (TPSA) is 25.8 Å². The largest absolute Gasteiger partial charge is 0.255 e. The summed E-state index contributed by atoms with van der Waals surface area (Å²) in [5, 5.41) is 2.30. The van der Waals surface area contributed by atoms with E-state index in [0.717, 1.165) is 22.1 Å². The molecule has 0 fully saturated rings. The summed E-state index contributed by atoms with van der Waals surface area (Å²) in [6, 6.07) is 12.3. The van der Waals surface area contributed by atoms with Gasteiger partial charge in [-0.3, -0.25) is 9.97 Å². The SMILES string of the molecule is CC(C)c1nc2ccccc2c2ncccc12. The maximum atomic E-state index is 4.76. The molecule has 0 aliphatic rings. The minimum absolute atomic E-state index is 0.409. The Morgan fingerprint density at radius 2 is 1.71 bits per heavy atom. The Balaban J connectivity index is 2.55. The van der Waals surface area contributed by atoms with Gasteiger partial charge >= 0.3 is 0 Å². The highest BCUT2D eigenvalue weighted by Crippen LogP contribution is 2.28. The number of fused-ring (bicyclic) bond motifs is 3. The zero-order chi connectivity index (χ0) is 11.8. The molecule has 0 aliphatic heterocycles. The molecule has 2 aromatic heterocycles. The summed E-state index contributed by atoms with van der Waals surface area (Å²) in [4.78, 5) is 9.28. The number of hydrogen-bond acceptors (Lipinski definition) is 2. The van der Waals surface area contributed by atoms with E-state index >= 15 is 0 Å². The minimum Gasteiger partial charge on any atom is -0.255 e. The Morgan fingerprint density at radius 1 is 0.941 bits per heavy atom. The summed E-state index contributed by atoms with van der Waals surface area (Å²) in [6.45, 7) is 4.34. The zero-order valence-corrected chi connectivity index (χ0v) is 10.0. The fourth-order valence-electron chi connectivity index (χ4n) is 2.23. The number of para-hydroxylation sites is 1. The summed E-state index contributed by atoms with van der Waals surface area (Å²) in [6.07, 6.45) is 1.85. The standard InChI is InChI=1S/C15H14N2/c1-10(2)14-12-7-5-9-16-15(12)11-6-3-4-8-13(11)17-14/h3-10H,1-2H3. The molecule has 3 rings (SSSR count). The van der Waals surface area contributed by atoms with Crippen LogP contribution in [0.5, 0.6) is 0 Å². The molecule has 0 N–H and O–H groups in total. The van der Waals surface area contributed by atoms with Crippen molar-refractivity contribution in [2.24, 2.45) is 0 Å². The quantitative estimate of drug-likeness (QED) is 0.583. The second-order valence-electron chi connectivity index (χ2n) is 4.57. The Hall–Kier alpha value is -1.96. The van der Waals surface area contributed by atoms with Gasteiger partial charge in [0.15, 0.2) is 0 Å². The van der Waals surface area contributed by atoms with Crippen LogP contribution in [-0.2, 0) is 0 Å². The number of rotatable bonds is 1. The number of pyridine rings is 2. The van der Waals surface area contributed by atoms with Gasteiger partial charge in [0.05, 0.1) is 16.7 Å². The Kier molecular flexibility index (Phi) is 2.29. The van der Waals surface area contributed by atoms with Crippen LogP contribution in [0.15, 0.2) is 42.6 Å². The van der Waals surface area contributed by atoms with Gasteiger partial charge in [0.25, 0.3) is 0 Å². The van der Waals surface area contributed by atoms with Crippen molar-refractivity contribution in [2.45, 2.75) is 19.8 Å². The third-order valence-electron chi connectivity index (χ3n) is 3.03. The molecule has 0 amide bonds. The monoisotopic (exact) mass is 222 g/mol. The lowest BCUT2D eigenvalue weighted by molar-refractivity contribution is 0.840. The van der Waals surface area contributed by atoms with Crippen LogP contribution < -0.4 is 0 Å². The summed E-state index contributed by atoms with van der Waals surface area (Å²) in [5.74, 6) is 0.409. The summed E-state index contributed by atoms with van der Waals surface area (Å²) >= 11 is 0. The van der Waals surface area contributed by atoms with E-state index in [9.17, 15) is 0 Å². The first-order chi connectivity index (χ1) is 8.27. The van der Waals surface area contributed by atoms with E-state index < -0.39 is 0 Å². The number of aromatic nitrogens is 2. The number of nitrogens with zero attached hydrogens (tertiary/aromatic N) is 2. The van der Waals surface area contributed by atoms with Gasteiger partial charge in [0.2, 0.25) is 0 Å². The van der Waals surface area contributed by atoms with E-state index in [0.29, 0.717) is 5.92 Å². The predicted molar refractivity (Wildman–Crippen MR) is 71.1 cm³/mol. The molecule has 2 nitrogen and oxygen atoms in total. The van der Waals surface area contributed by atoms with Crippen molar-refractivity contribution in [3.8, 4) is 0 Å². The molecule has 0 saturated heterocycles. The minimum atomic E-state index is 0.409. The van der Waals surface area contributed by atoms with Gasteiger partial charge in [-0.25, -0.2) is 0 Å². The van der Waals surface area contributed by atoms with Crippen molar-refractivity contribution in [1.82, 2.24) is 9.97 Å². The molecule has 84 valence electrons. The van der Waals surface area contributed by atoms with Crippen LogP contribution in [-0.4, -0.2) is 9.97 Å². The van der Waals surface area contributed by atoms with Crippen molar-refractivity contribution >= 4 is 21.8 Å². The van der Waals surface area contributed by atoms with Crippen molar-refractivity contribution in [2.75, 3.05) is 0 Å². The molecule has 3 aromatic rings. The highest BCUT2D eigenvalue weighted by Gasteiger charge is 2.10. The van der Waals surface area contributed by atoms with Crippen LogP contribution in [0.1, 0.15) is 25.5 Å². The molecule has 0 spiro atoms. The predicted octanol–water partition coefficient (Wildman–Crippen LogP) is 3.91. The summed E-state index contributed by atoms with van der Waals surface area (Å²) in [5.41, 5.74) is 3.22. The number of hydrogen-bond donors (Lipinski definition) is 0. The second kappa shape index (κ2) is 3.81. The fourth-order valence-corrected chi connectivity index (χ4v) is 2.23. The first-order valence-corrected chi connectivity index (χ1v) is 5.91. The van der Waals surface area contributed by atoms with E-state index in [1.807, 2.05) is 24.4 Å². The first-order valence-electron chi connectivity index (χ1n) is 5.91. The van der Waals surface area contributed by atoms with Gasteiger partial charge < -0.3 is 0 Å². The molecule has 1 aromatic carbocycles. The normalized spacial score (nSPS) is 11.5. The fraction of sp³-hybridized carbons (Fsp3) is 0.200. The van der Waals surface area contributed by atoms with Gasteiger partial charge in [0, 0.05) is 17.0 Å². The molecule has 2 heterocycles. The second-order valence-corrected chi connectivity index (χ2v) is 4.57. The zero-order valence-electron chi connectivity index (χ0n) is 10.0. The van der Waals surface area contributed by atoms with Crippen LogP contribution >= 0.6 is 0 Å². The van der Waals surface area contributed by atoms with E-state index in [2.05, 4.69) is 37.0 Å². The average Bonchev–Trinajstić information content (AvgIpc) is 2.37. The summed E-state index contributed by atoms with van der Waals surface area (Å²) in [7, 11) is 0. The van der Waals surface area contributed by atoms with Crippen molar-refractivity contribution in [1.29, 1.82) is 0 Å². The molecule has 0 saturated carbocycles. The van der Waals surface area contributed by atoms with Crippen LogP contribution in [0, 0.1) is 0 Å². The molecule has 17 heavy (non-hydrogen) atoms. The van der Waals surface area contributed by atoms with Crippen molar-refractivity contribution in [3.05, 3.63) is 48.3 Å². The van der Waals surface area contributed by atoms with Gasteiger partial charge in [-0.2, -0.15) is 0 Å². The van der Waals surface area contributed by atoms with E-state index in [1.165, 1.54) is 5.39 Å². The first kappa shape index (κ1) is 10.2. The average molecular weight is 222 g/mol. The van der Waals surface area contributed by atoms with E-state index in [1.54, 1.807) is 0 Å². The van der Waals surface area contributed by atoms with Crippen LogP contribution in [0.25, 0.3) is 21.8 Å². The number of benzene rings is 1. The third-order valence-corrected chi connectivity index (χ3v) is 3.03. The third kappa shape index (κ3) is 1.57. The lowest BCUT2D eigenvalue weighted by atomic mass is 10.0. The molecular formula is C15H14N2. The molecule has 0 aliphatic carbocycles. The Bertz CT molecular complexity index is 687. The smallest absolute Gasteiger partial charge is 0.0814 e. The highest BCUT2D eigenvalue weighted by atomic mass is 14.7. The molecule has 0 bridgehead atoms. The van der Waals surface area contributed by atoms with E-state index in [-0.39, 0.29) is 0 Å². The summed E-state index contributed by atoms with van der Waals surface area (Å²) < 4.78 is 0. The molecule has 0 unspecified atom stereocenters. The van der Waals surface area contributed by atoms with Gasteiger partial charge in [-0.05, 0) is 24.1 Å². The van der Waals surface area contributed by atoms with Crippen LogP contribution in [0.2, 0.25) is 0 Å². The Labute approximate surface area is 100 Å². The van der Waals surface area contributed by atoms with Crippen LogP contribution in [0.4, 0.5) is 0 Å².